The summed E-state index contributed by atoms with van der Waals surface area (Å²) in [7, 11) is 0. The Kier molecular flexibility index (Phi) is 9.68. The van der Waals surface area contributed by atoms with Crippen LogP contribution < -0.4 is 27.0 Å². The van der Waals surface area contributed by atoms with Crippen LogP contribution in [0.4, 0.5) is 17.1 Å². The summed E-state index contributed by atoms with van der Waals surface area (Å²) in [5.74, 6) is -0.309. The number of nitrogens with two attached hydrogens (primary N) is 2. The number of nitrogens with zero attached hydrogens (tertiary/aromatic N) is 2. The predicted octanol–water partition coefficient (Wildman–Crippen LogP) is 3.82. The lowest BCUT2D eigenvalue weighted by Crippen LogP contribution is -2.55. The molecule has 0 aliphatic carbocycles. The normalized spacial score (nSPS) is 14.9. The molecule has 1 saturated heterocycles. The van der Waals surface area contributed by atoms with Crippen molar-refractivity contribution in [2.75, 3.05) is 48.7 Å². The van der Waals surface area contributed by atoms with Gasteiger partial charge < -0.3 is 31.9 Å². The van der Waals surface area contributed by atoms with Crippen LogP contribution in [-0.4, -0.2) is 55.5 Å². The molecule has 4 rings (SSSR count). The molecule has 6 N–H and O–H groups in total. The first-order valence-electron chi connectivity index (χ1n) is 13.3. The highest BCUT2D eigenvalue weighted by Gasteiger charge is 2.29. The SMILES string of the molecule is CC(Nc1ccccc1N)c1ccccc1N1CCN(C(=O)[C@@H](Cc2ccc(Cl)cc2)NC(=O)CCN)CC1. The minimum Gasteiger partial charge on any atom is -0.397 e. The molecule has 0 radical (unpaired) electrons. The number of rotatable bonds is 10. The predicted molar refractivity (Wildman–Crippen MR) is 159 cm³/mol. The van der Waals surface area contributed by atoms with Crippen molar-refractivity contribution < 1.29 is 9.59 Å². The Morgan fingerprint density at radius 3 is 2.31 bits per heavy atom. The minimum absolute atomic E-state index is 0.0343. The van der Waals surface area contributed by atoms with Gasteiger partial charge >= 0.3 is 0 Å². The molecule has 0 aromatic heterocycles. The Balaban J connectivity index is 1.43. The highest BCUT2D eigenvalue weighted by Crippen LogP contribution is 2.31. The molecule has 3 aromatic carbocycles. The highest BCUT2D eigenvalue weighted by atomic mass is 35.5. The van der Waals surface area contributed by atoms with Crippen LogP contribution in [0, 0.1) is 0 Å². The van der Waals surface area contributed by atoms with Crippen LogP contribution in [0.15, 0.2) is 72.8 Å². The number of carbonyl (C=O) groups is 2. The second-order valence-corrected chi connectivity index (χ2v) is 10.3. The average Bonchev–Trinajstić information content (AvgIpc) is 2.95. The standard InChI is InChI=1S/C30H37ClN6O2/c1-21(34-26-8-4-3-7-25(26)33)24-6-2-5-9-28(24)36-16-18-37(19-17-36)30(39)27(35-29(38)14-15-32)20-22-10-12-23(31)13-11-22/h2-13,21,27,34H,14-20,32-33H2,1H3,(H,35,38)/t21?,27-/m1/s1. The molecule has 1 heterocycles. The van der Waals surface area contributed by atoms with Crippen molar-refractivity contribution in [1.29, 1.82) is 0 Å². The third-order valence-corrected chi connectivity index (χ3v) is 7.28. The van der Waals surface area contributed by atoms with Crippen molar-refractivity contribution in [3.63, 3.8) is 0 Å². The molecule has 8 nitrogen and oxygen atoms in total. The molecule has 1 aliphatic rings. The molecule has 206 valence electrons. The zero-order chi connectivity index (χ0) is 27.8. The van der Waals surface area contributed by atoms with Gasteiger partial charge in [0.05, 0.1) is 17.4 Å². The maximum Gasteiger partial charge on any atom is 0.245 e. The molecule has 1 fully saturated rings. The van der Waals surface area contributed by atoms with Gasteiger partial charge in [-0.05, 0) is 48.4 Å². The van der Waals surface area contributed by atoms with Gasteiger partial charge in [-0.15, -0.1) is 0 Å². The van der Waals surface area contributed by atoms with Gasteiger partial charge in [0.2, 0.25) is 11.8 Å². The van der Waals surface area contributed by atoms with Crippen LogP contribution in [0.5, 0.6) is 0 Å². The molecule has 39 heavy (non-hydrogen) atoms. The van der Waals surface area contributed by atoms with Gasteiger partial charge in [-0.2, -0.15) is 0 Å². The van der Waals surface area contributed by atoms with Crippen molar-refractivity contribution in [2.24, 2.45) is 5.73 Å². The summed E-state index contributed by atoms with van der Waals surface area (Å²) in [5.41, 5.74) is 16.5. The lowest BCUT2D eigenvalue weighted by Gasteiger charge is -2.39. The second-order valence-electron chi connectivity index (χ2n) is 9.81. The molecule has 0 saturated carbocycles. The van der Waals surface area contributed by atoms with E-state index >= 15 is 0 Å². The number of nitrogens with one attached hydrogen (secondary N) is 2. The molecule has 0 spiro atoms. The second kappa shape index (κ2) is 13.4. The summed E-state index contributed by atoms with van der Waals surface area (Å²) < 4.78 is 0. The summed E-state index contributed by atoms with van der Waals surface area (Å²) in [6, 6.07) is 22.8. The molecular formula is C30H37ClN6O2. The smallest absolute Gasteiger partial charge is 0.245 e. The van der Waals surface area contributed by atoms with E-state index in [1.54, 1.807) is 12.1 Å². The minimum atomic E-state index is -0.662. The van der Waals surface area contributed by atoms with E-state index in [0.717, 1.165) is 22.5 Å². The Bertz CT molecular complexity index is 1260. The summed E-state index contributed by atoms with van der Waals surface area (Å²) in [4.78, 5) is 30.1. The van der Waals surface area contributed by atoms with Crippen molar-refractivity contribution in [3.8, 4) is 0 Å². The summed E-state index contributed by atoms with van der Waals surface area (Å²) in [6.45, 7) is 4.85. The highest BCUT2D eigenvalue weighted by molar-refractivity contribution is 6.30. The van der Waals surface area contributed by atoms with E-state index in [-0.39, 0.29) is 30.8 Å². The number of amides is 2. The zero-order valence-electron chi connectivity index (χ0n) is 22.3. The first kappa shape index (κ1) is 28.3. The topological polar surface area (TPSA) is 117 Å². The molecule has 0 bridgehead atoms. The Morgan fingerprint density at radius 1 is 0.949 bits per heavy atom. The lowest BCUT2D eigenvalue weighted by molar-refractivity contribution is -0.136. The van der Waals surface area contributed by atoms with Crippen LogP contribution in [-0.2, 0) is 16.0 Å². The summed E-state index contributed by atoms with van der Waals surface area (Å²) in [5, 5.41) is 7.05. The van der Waals surface area contributed by atoms with Gasteiger partial charge in [-0.3, -0.25) is 9.59 Å². The van der Waals surface area contributed by atoms with E-state index in [4.69, 9.17) is 23.1 Å². The maximum atomic E-state index is 13.6. The molecule has 9 heteroatoms. The number of anilines is 3. The Hall–Kier alpha value is -3.75. The fourth-order valence-electron chi connectivity index (χ4n) is 4.92. The number of piperazine rings is 1. The number of benzene rings is 3. The van der Waals surface area contributed by atoms with Gasteiger partial charge in [-0.1, -0.05) is 54.1 Å². The van der Waals surface area contributed by atoms with Crippen LogP contribution in [0.1, 0.15) is 30.5 Å². The molecule has 3 aromatic rings. The van der Waals surface area contributed by atoms with E-state index in [1.807, 2.05) is 53.4 Å². The van der Waals surface area contributed by atoms with E-state index < -0.39 is 6.04 Å². The van der Waals surface area contributed by atoms with Crippen LogP contribution in [0.2, 0.25) is 5.02 Å². The maximum absolute atomic E-state index is 13.6. The van der Waals surface area contributed by atoms with Gasteiger partial charge in [0.1, 0.15) is 6.04 Å². The molecule has 2 amide bonds. The van der Waals surface area contributed by atoms with E-state index in [9.17, 15) is 9.59 Å². The number of nitrogen functional groups attached to an aromatic ring is 1. The number of halogens is 1. The lowest BCUT2D eigenvalue weighted by atomic mass is 10.0. The van der Waals surface area contributed by atoms with Crippen molar-refractivity contribution in [2.45, 2.75) is 31.8 Å². The molecule has 2 atom stereocenters. The summed E-state index contributed by atoms with van der Waals surface area (Å²) in [6.07, 6.45) is 0.566. The van der Waals surface area contributed by atoms with Crippen molar-refractivity contribution in [3.05, 3.63) is 88.9 Å². The van der Waals surface area contributed by atoms with E-state index in [1.165, 1.54) is 0 Å². The largest absolute Gasteiger partial charge is 0.397 e. The van der Waals surface area contributed by atoms with Gasteiger partial charge in [0, 0.05) is 56.3 Å². The molecule has 1 aliphatic heterocycles. The quantitative estimate of drug-likeness (QED) is 0.286. The van der Waals surface area contributed by atoms with E-state index in [2.05, 4.69) is 34.6 Å². The van der Waals surface area contributed by atoms with Crippen LogP contribution in [0.25, 0.3) is 0 Å². The van der Waals surface area contributed by atoms with Crippen molar-refractivity contribution >= 4 is 40.5 Å². The summed E-state index contributed by atoms with van der Waals surface area (Å²) >= 11 is 6.03. The number of hydrogen-bond donors (Lipinski definition) is 4. The molecule has 1 unspecified atom stereocenters. The first-order chi connectivity index (χ1) is 18.9. The zero-order valence-corrected chi connectivity index (χ0v) is 23.0. The van der Waals surface area contributed by atoms with E-state index in [0.29, 0.717) is 43.3 Å². The average molecular weight is 549 g/mol. The van der Waals surface area contributed by atoms with Gasteiger partial charge in [0.25, 0.3) is 0 Å². The monoisotopic (exact) mass is 548 g/mol. The number of hydrogen-bond acceptors (Lipinski definition) is 6. The third-order valence-electron chi connectivity index (χ3n) is 7.03. The Morgan fingerprint density at radius 2 is 1.62 bits per heavy atom. The fourth-order valence-corrected chi connectivity index (χ4v) is 5.05. The van der Waals surface area contributed by atoms with Gasteiger partial charge in [-0.25, -0.2) is 0 Å². The first-order valence-corrected chi connectivity index (χ1v) is 13.7. The Labute approximate surface area is 235 Å². The third kappa shape index (κ3) is 7.43. The number of carbonyl (C=O) groups excluding carboxylic acids is 2. The van der Waals surface area contributed by atoms with Crippen LogP contribution in [0.3, 0.4) is 0 Å². The fraction of sp³-hybridized carbons (Fsp3) is 0.333. The van der Waals surface area contributed by atoms with Crippen LogP contribution >= 0.6 is 11.6 Å². The van der Waals surface area contributed by atoms with Gasteiger partial charge in [0.15, 0.2) is 0 Å². The molecular weight excluding hydrogens is 512 g/mol. The van der Waals surface area contributed by atoms with Crippen molar-refractivity contribution in [1.82, 2.24) is 10.2 Å². The number of para-hydroxylation sites is 3.